The molecule has 0 aliphatic carbocycles. The molecular formula is C9H8ClNS2. The highest BCUT2D eigenvalue weighted by atomic mass is 35.5. The van der Waals surface area contributed by atoms with E-state index in [1.807, 2.05) is 24.5 Å². The second-order valence-corrected chi connectivity index (χ2v) is 5.17. The molecule has 1 nitrogen and oxygen atoms in total. The van der Waals surface area contributed by atoms with Crippen molar-refractivity contribution in [1.29, 1.82) is 0 Å². The molecule has 0 saturated heterocycles. The van der Waals surface area contributed by atoms with Crippen molar-refractivity contribution in [2.45, 2.75) is 4.21 Å². The van der Waals surface area contributed by atoms with Crippen molar-refractivity contribution in [3.63, 3.8) is 0 Å². The molecule has 13 heavy (non-hydrogen) atoms. The zero-order chi connectivity index (χ0) is 9.42. The molecule has 0 aliphatic heterocycles. The summed E-state index contributed by atoms with van der Waals surface area (Å²) in [4.78, 5) is 0. The standard InChI is InChI=1S/C9H8ClNS2/c1-12-9-8(10)6-3-2-5(11)4-7(6)13-9/h2-4H,11H2,1H3. The van der Waals surface area contributed by atoms with E-state index in [9.17, 15) is 0 Å². The fraction of sp³-hybridized carbons (Fsp3) is 0.111. The SMILES string of the molecule is CSc1sc2cc(N)ccc2c1Cl. The Morgan fingerprint density at radius 2 is 2.23 bits per heavy atom. The number of fused-ring (bicyclic) bond motifs is 1. The van der Waals surface area contributed by atoms with Crippen LogP contribution < -0.4 is 5.73 Å². The molecule has 1 heterocycles. The Morgan fingerprint density at radius 3 is 2.92 bits per heavy atom. The lowest BCUT2D eigenvalue weighted by Crippen LogP contribution is -1.80. The summed E-state index contributed by atoms with van der Waals surface area (Å²) in [6.45, 7) is 0. The quantitative estimate of drug-likeness (QED) is 0.594. The Bertz CT molecular complexity index is 450. The minimum Gasteiger partial charge on any atom is -0.399 e. The van der Waals surface area contributed by atoms with Gasteiger partial charge in [0.1, 0.15) is 0 Å². The van der Waals surface area contributed by atoms with Crippen molar-refractivity contribution < 1.29 is 0 Å². The van der Waals surface area contributed by atoms with Crippen molar-refractivity contribution in [1.82, 2.24) is 0 Å². The molecule has 0 bridgehead atoms. The van der Waals surface area contributed by atoms with Crippen molar-refractivity contribution in [3.8, 4) is 0 Å². The zero-order valence-corrected chi connectivity index (χ0v) is 9.39. The van der Waals surface area contributed by atoms with Gasteiger partial charge in [-0.3, -0.25) is 0 Å². The van der Waals surface area contributed by atoms with Crippen LogP contribution in [0.2, 0.25) is 5.02 Å². The van der Waals surface area contributed by atoms with E-state index >= 15 is 0 Å². The fourth-order valence-corrected chi connectivity index (χ4v) is 3.52. The fourth-order valence-electron chi connectivity index (χ4n) is 1.19. The van der Waals surface area contributed by atoms with E-state index in [0.29, 0.717) is 0 Å². The summed E-state index contributed by atoms with van der Waals surface area (Å²) in [5.74, 6) is 0. The number of benzene rings is 1. The largest absolute Gasteiger partial charge is 0.399 e. The Labute approximate surface area is 89.9 Å². The summed E-state index contributed by atoms with van der Waals surface area (Å²) < 4.78 is 2.32. The van der Waals surface area contributed by atoms with Gasteiger partial charge in [0, 0.05) is 15.8 Å². The van der Waals surface area contributed by atoms with Gasteiger partial charge in [0.05, 0.1) is 9.23 Å². The van der Waals surface area contributed by atoms with E-state index < -0.39 is 0 Å². The van der Waals surface area contributed by atoms with Crippen LogP contribution in [0.3, 0.4) is 0 Å². The first kappa shape index (κ1) is 9.19. The maximum Gasteiger partial charge on any atom is 0.0795 e. The molecule has 1 aromatic carbocycles. The first-order chi connectivity index (χ1) is 6.22. The van der Waals surface area contributed by atoms with E-state index in [1.165, 1.54) is 0 Å². The third-order valence-electron chi connectivity index (χ3n) is 1.81. The molecule has 0 unspecified atom stereocenters. The minimum absolute atomic E-state index is 0.790. The summed E-state index contributed by atoms with van der Waals surface area (Å²) in [7, 11) is 0. The monoisotopic (exact) mass is 229 g/mol. The van der Waals surface area contributed by atoms with Crippen molar-refractivity contribution in [2.24, 2.45) is 0 Å². The van der Waals surface area contributed by atoms with Gasteiger partial charge in [0.15, 0.2) is 0 Å². The van der Waals surface area contributed by atoms with Crippen molar-refractivity contribution in [2.75, 3.05) is 12.0 Å². The van der Waals surface area contributed by atoms with Gasteiger partial charge in [-0.15, -0.1) is 23.1 Å². The predicted molar refractivity (Wildman–Crippen MR) is 63.0 cm³/mol. The molecule has 2 N–H and O–H groups in total. The number of hydrogen-bond donors (Lipinski definition) is 1. The molecule has 0 aliphatic rings. The zero-order valence-electron chi connectivity index (χ0n) is 7.00. The topological polar surface area (TPSA) is 26.0 Å². The van der Waals surface area contributed by atoms with E-state index in [2.05, 4.69) is 0 Å². The lowest BCUT2D eigenvalue weighted by molar-refractivity contribution is 1.74. The van der Waals surface area contributed by atoms with E-state index in [0.717, 1.165) is 25.0 Å². The third-order valence-corrected chi connectivity index (χ3v) is 4.70. The van der Waals surface area contributed by atoms with Crippen LogP contribution in [0.15, 0.2) is 22.4 Å². The number of thiophene rings is 1. The number of halogens is 1. The van der Waals surface area contributed by atoms with Gasteiger partial charge in [-0.25, -0.2) is 0 Å². The first-order valence-corrected chi connectivity index (χ1v) is 6.16. The van der Waals surface area contributed by atoms with Gasteiger partial charge in [0.25, 0.3) is 0 Å². The number of thioether (sulfide) groups is 1. The highest BCUT2D eigenvalue weighted by Crippen LogP contribution is 2.41. The molecule has 0 fully saturated rings. The molecule has 0 saturated carbocycles. The lowest BCUT2D eigenvalue weighted by atomic mass is 10.2. The molecule has 0 spiro atoms. The lowest BCUT2D eigenvalue weighted by Gasteiger charge is -1.92. The third kappa shape index (κ3) is 1.52. The van der Waals surface area contributed by atoms with Gasteiger partial charge >= 0.3 is 0 Å². The highest BCUT2D eigenvalue weighted by Gasteiger charge is 2.08. The first-order valence-electron chi connectivity index (χ1n) is 3.74. The van der Waals surface area contributed by atoms with Gasteiger partial charge in [-0.05, 0) is 24.5 Å². The Hall–Kier alpha value is -0.380. The van der Waals surface area contributed by atoms with E-state index in [4.69, 9.17) is 17.3 Å². The van der Waals surface area contributed by atoms with Crippen molar-refractivity contribution >= 4 is 50.5 Å². The van der Waals surface area contributed by atoms with E-state index in [-0.39, 0.29) is 0 Å². The van der Waals surface area contributed by atoms with Gasteiger partial charge < -0.3 is 5.73 Å². The van der Waals surface area contributed by atoms with E-state index in [1.54, 1.807) is 23.1 Å². The average molecular weight is 230 g/mol. The number of nitrogens with two attached hydrogens (primary N) is 1. The van der Waals surface area contributed by atoms with Crippen molar-refractivity contribution in [3.05, 3.63) is 23.2 Å². The molecule has 0 amide bonds. The van der Waals surface area contributed by atoms with Crippen LogP contribution in [0.5, 0.6) is 0 Å². The second kappa shape index (κ2) is 3.40. The summed E-state index contributed by atoms with van der Waals surface area (Å²) in [6, 6.07) is 5.82. The summed E-state index contributed by atoms with van der Waals surface area (Å²) in [6.07, 6.45) is 2.03. The molecule has 68 valence electrons. The van der Waals surface area contributed by atoms with Crippen LogP contribution in [0.1, 0.15) is 0 Å². The summed E-state index contributed by atoms with van der Waals surface area (Å²) >= 11 is 9.52. The molecule has 0 atom stereocenters. The number of nitrogen functional groups attached to an aromatic ring is 1. The molecule has 0 radical (unpaired) electrons. The normalized spacial score (nSPS) is 10.9. The highest BCUT2D eigenvalue weighted by molar-refractivity contribution is 8.00. The Morgan fingerprint density at radius 1 is 1.46 bits per heavy atom. The molecular weight excluding hydrogens is 222 g/mol. The van der Waals surface area contributed by atoms with Crippen LogP contribution in [-0.2, 0) is 0 Å². The maximum atomic E-state index is 6.16. The number of rotatable bonds is 1. The van der Waals surface area contributed by atoms with Crippen LogP contribution in [-0.4, -0.2) is 6.26 Å². The minimum atomic E-state index is 0.790. The maximum absolute atomic E-state index is 6.16. The summed E-state index contributed by atoms with van der Waals surface area (Å²) in [5.41, 5.74) is 6.47. The molecule has 1 aromatic heterocycles. The van der Waals surface area contributed by atoms with Gasteiger partial charge in [-0.1, -0.05) is 11.6 Å². The number of hydrogen-bond acceptors (Lipinski definition) is 3. The Kier molecular flexibility index (Phi) is 2.41. The predicted octanol–water partition coefficient (Wildman–Crippen LogP) is 3.86. The second-order valence-electron chi connectivity index (χ2n) is 2.66. The van der Waals surface area contributed by atoms with Gasteiger partial charge in [-0.2, -0.15) is 0 Å². The molecule has 4 heteroatoms. The van der Waals surface area contributed by atoms with Crippen LogP contribution in [0.25, 0.3) is 10.1 Å². The smallest absolute Gasteiger partial charge is 0.0795 e. The van der Waals surface area contributed by atoms with Crippen LogP contribution >= 0.6 is 34.7 Å². The Balaban J connectivity index is 2.76. The van der Waals surface area contributed by atoms with Gasteiger partial charge in [0.2, 0.25) is 0 Å². The number of anilines is 1. The average Bonchev–Trinajstić information content (AvgIpc) is 2.42. The van der Waals surface area contributed by atoms with Crippen LogP contribution in [0, 0.1) is 0 Å². The summed E-state index contributed by atoms with van der Waals surface area (Å²) in [5, 5.41) is 1.96. The molecule has 2 rings (SSSR count). The van der Waals surface area contributed by atoms with Crippen LogP contribution in [0.4, 0.5) is 5.69 Å². The molecule has 2 aromatic rings.